The zero-order valence-corrected chi connectivity index (χ0v) is 9.24. The summed E-state index contributed by atoms with van der Waals surface area (Å²) in [6.45, 7) is 2.15. The van der Waals surface area contributed by atoms with Crippen LogP contribution in [0, 0.1) is 0 Å². The Morgan fingerprint density at radius 1 is 1.40 bits per heavy atom. The second-order valence-electron chi connectivity index (χ2n) is 3.88. The predicted molar refractivity (Wildman–Crippen MR) is 57.1 cm³/mol. The second-order valence-corrected chi connectivity index (χ2v) is 3.88. The third-order valence-electron chi connectivity index (χ3n) is 2.65. The topological polar surface area (TPSA) is 66.6 Å². The Labute approximate surface area is 90.2 Å². The van der Waals surface area contributed by atoms with Crippen LogP contribution in [0.4, 0.5) is 0 Å². The van der Waals surface area contributed by atoms with Crippen molar-refractivity contribution in [3.63, 3.8) is 0 Å². The average Bonchev–Trinajstić information content (AvgIpc) is 2.22. The SMILES string of the molecule is CN1CCN(C(=O)CCCCN)CC1=O. The maximum atomic E-state index is 11.6. The Morgan fingerprint density at radius 2 is 2.13 bits per heavy atom. The van der Waals surface area contributed by atoms with Gasteiger partial charge in [-0.15, -0.1) is 0 Å². The molecule has 2 amide bonds. The molecule has 1 fully saturated rings. The van der Waals surface area contributed by atoms with E-state index in [1.807, 2.05) is 0 Å². The first-order chi connectivity index (χ1) is 7.15. The molecule has 2 N–H and O–H groups in total. The van der Waals surface area contributed by atoms with E-state index in [9.17, 15) is 9.59 Å². The molecular formula is C10H19N3O2. The summed E-state index contributed by atoms with van der Waals surface area (Å²) in [5, 5.41) is 0. The summed E-state index contributed by atoms with van der Waals surface area (Å²) in [5.41, 5.74) is 5.35. The molecule has 1 aliphatic heterocycles. The molecule has 1 heterocycles. The molecule has 0 saturated carbocycles. The van der Waals surface area contributed by atoms with Crippen molar-refractivity contribution in [3.05, 3.63) is 0 Å². The molecule has 86 valence electrons. The first kappa shape index (κ1) is 12.0. The highest BCUT2D eigenvalue weighted by Gasteiger charge is 2.23. The van der Waals surface area contributed by atoms with Crippen LogP contribution in [-0.4, -0.2) is 54.8 Å². The number of nitrogens with two attached hydrogens (primary N) is 1. The summed E-state index contributed by atoms with van der Waals surface area (Å²) >= 11 is 0. The van der Waals surface area contributed by atoms with E-state index >= 15 is 0 Å². The lowest BCUT2D eigenvalue weighted by atomic mass is 10.2. The number of nitrogens with zero attached hydrogens (tertiary/aromatic N) is 2. The van der Waals surface area contributed by atoms with Crippen molar-refractivity contribution in [3.8, 4) is 0 Å². The quantitative estimate of drug-likeness (QED) is 0.635. The summed E-state index contributed by atoms with van der Waals surface area (Å²) in [4.78, 5) is 26.3. The Morgan fingerprint density at radius 3 is 2.73 bits per heavy atom. The standard InChI is InChI=1S/C10H19N3O2/c1-12-6-7-13(8-10(12)15)9(14)4-2-3-5-11/h2-8,11H2,1H3. The number of likely N-dealkylation sites (N-methyl/N-ethyl adjacent to an activating group) is 1. The van der Waals surface area contributed by atoms with Crippen molar-refractivity contribution in [2.45, 2.75) is 19.3 Å². The van der Waals surface area contributed by atoms with Gasteiger partial charge >= 0.3 is 0 Å². The molecule has 0 aromatic rings. The van der Waals surface area contributed by atoms with Gasteiger partial charge in [0.1, 0.15) is 0 Å². The van der Waals surface area contributed by atoms with Crippen molar-refractivity contribution in [2.24, 2.45) is 5.73 Å². The van der Waals surface area contributed by atoms with Crippen molar-refractivity contribution in [1.82, 2.24) is 9.80 Å². The zero-order valence-electron chi connectivity index (χ0n) is 9.24. The lowest BCUT2D eigenvalue weighted by Gasteiger charge is -2.32. The maximum absolute atomic E-state index is 11.6. The Hall–Kier alpha value is -1.10. The van der Waals surface area contributed by atoms with Crippen LogP contribution in [0.15, 0.2) is 0 Å². The molecule has 0 radical (unpaired) electrons. The number of hydrogen-bond acceptors (Lipinski definition) is 3. The minimum atomic E-state index is 0.0217. The van der Waals surface area contributed by atoms with Gasteiger partial charge < -0.3 is 15.5 Å². The van der Waals surface area contributed by atoms with Crippen LogP contribution in [0.25, 0.3) is 0 Å². The van der Waals surface area contributed by atoms with E-state index in [0.29, 0.717) is 26.1 Å². The molecule has 0 spiro atoms. The summed E-state index contributed by atoms with van der Waals surface area (Å²) in [6.07, 6.45) is 2.19. The van der Waals surface area contributed by atoms with Gasteiger partial charge in [0, 0.05) is 26.6 Å². The molecule has 0 aliphatic carbocycles. The van der Waals surface area contributed by atoms with E-state index in [0.717, 1.165) is 12.8 Å². The van der Waals surface area contributed by atoms with Gasteiger partial charge in [-0.1, -0.05) is 0 Å². The normalized spacial score (nSPS) is 17.1. The van der Waals surface area contributed by atoms with Crippen LogP contribution in [0.3, 0.4) is 0 Å². The van der Waals surface area contributed by atoms with Gasteiger partial charge in [0.05, 0.1) is 6.54 Å². The fourth-order valence-corrected chi connectivity index (χ4v) is 1.55. The van der Waals surface area contributed by atoms with Gasteiger partial charge in [0.15, 0.2) is 0 Å². The fraction of sp³-hybridized carbons (Fsp3) is 0.800. The Balaban J connectivity index is 2.31. The van der Waals surface area contributed by atoms with Gasteiger partial charge in [-0.3, -0.25) is 9.59 Å². The number of hydrogen-bond donors (Lipinski definition) is 1. The highest BCUT2D eigenvalue weighted by Crippen LogP contribution is 2.05. The van der Waals surface area contributed by atoms with Gasteiger partial charge in [-0.2, -0.15) is 0 Å². The molecule has 5 nitrogen and oxygen atoms in total. The van der Waals surface area contributed by atoms with Crippen LogP contribution < -0.4 is 5.73 Å². The number of carbonyl (C=O) groups is 2. The number of amides is 2. The number of piperazine rings is 1. The van der Waals surface area contributed by atoms with Crippen LogP contribution in [0.5, 0.6) is 0 Å². The predicted octanol–water partition coefficient (Wildman–Crippen LogP) is -0.584. The first-order valence-corrected chi connectivity index (χ1v) is 5.37. The summed E-state index contributed by atoms with van der Waals surface area (Å²) in [7, 11) is 1.76. The Bertz CT molecular complexity index is 243. The molecule has 0 aromatic heterocycles. The average molecular weight is 213 g/mol. The molecular weight excluding hydrogens is 194 g/mol. The van der Waals surface area contributed by atoms with Gasteiger partial charge in [-0.25, -0.2) is 0 Å². The molecule has 1 saturated heterocycles. The highest BCUT2D eigenvalue weighted by atomic mass is 16.2. The van der Waals surface area contributed by atoms with E-state index in [1.54, 1.807) is 16.8 Å². The van der Waals surface area contributed by atoms with E-state index in [1.165, 1.54) is 0 Å². The van der Waals surface area contributed by atoms with E-state index in [2.05, 4.69) is 0 Å². The van der Waals surface area contributed by atoms with Gasteiger partial charge in [-0.05, 0) is 19.4 Å². The maximum Gasteiger partial charge on any atom is 0.241 e. The monoisotopic (exact) mass is 213 g/mol. The van der Waals surface area contributed by atoms with Crippen molar-refractivity contribution in [1.29, 1.82) is 0 Å². The number of carbonyl (C=O) groups excluding carboxylic acids is 2. The number of unbranched alkanes of at least 4 members (excludes halogenated alkanes) is 1. The zero-order chi connectivity index (χ0) is 11.3. The van der Waals surface area contributed by atoms with E-state index < -0.39 is 0 Å². The molecule has 1 rings (SSSR count). The molecule has 5 heteroatoms. The molecule has 15 heavy (non-hydrogen) atoms. The molecule has 0 aromatic carbocycles. The minimum Gasteiger partial charge on any atom is -0.342 e. The van der Waals surface area contributed by atoms with Crippen LogP contribution in [-0.2, 0) is 9.59 Å². The third-order valence-corrected chi connectivity index (χ3v) is 2.65. The lowest BCUT2D eigenvalue weighted by molar-refractivity contribution is -0.144. The van der Waals surface area contributed by atoms with Crippen molar-refractivity contribution >= 4 is 11.8 Å². The fourth-order valence-electron chi connectivity index (χ4n) is 1.55. The Kier molecular flexibility index (Phi) is 4.55. The van der Waals surface area contributed by atoms with Crippen molar-refractivity contribution < 1.29 is 9.59 Å². The third kappa shape index (κ3) is 3.51. The first-order valence-electron chi connectivity index (χ1n) is 5.37. The van der Waals surface area contributed by atoms with Gasteiger partial charge in [0.2, 0.25) is 11.8 Å². The number of rotatable bonds is 4. The summed E-state index contributed by atoms with van der Waals surface area (Å²) < 4.78 is 0. The highest BCUT2D eigenvalue weighted by molar-refractivity contribution is 5.85. The largest absolute Gasteiger partial charge is 0.342 e. The molecule has 0 atom stereocenters. The lowest BCUT2D eigenvalue weighted by Crippen LogP contribution is -2.50. The summed E-state index contributed by atoms with van der Waals surface area (Å²) in [6, 6.07) is 0. The van der Waals surface area contributed by atoms with Crippen LogP contribution in [0.1, 0.15) is 19.3 Å². The molecule has 0 unspecified atom stereocenters. The summed E-state index contributed by atoms with van der Waals surface area (Å²) in [5.74, 6) is 0.0957. The second kappa shape index (κ2) is 5.70. The van der Waals surface area contributed by atoms with Crippen molar-refractivity contribution in [2.75, 3.05) is 33.2 Å². The molecule has 0 bridgehead atoms. The van der Waals surface area contributed by atoms with E-state index in [-0.39, 0.29) is 18.4 Å². The van der Waals surface area contributed by atoms with E-state index in [4.69, 9.17) is 5.73 Å². The minimum absolute atomic E-state index is 0.0217. The molecule has 1 aliphatic rings. The van der Waals surface area contributed by atoms with Crippen LogP contribution >= 0.6 is 0 Å². The smallest absolute Gasteiger partial charge is 0.241 e. The van der Waals surface area contributed by atoms with Gasteiger partial charge in [0.25, 0.3) is 0 Å². The van der Waals surface area contributed by atoms with Crippen LogP contribution in [0.2, 0.25) is 0 Å².